The molecule has 0 bridgehead atoms. The molecule has 0 radical (unpaired) electrons. The SMILES string of the molecule is CC#C[C@H](C)OC(=O)Oc1ccccc1. The zero-order chi connectivity index (χ0) is 11.1. The summed E-state index contributed by atoms with van der Waals surface area (Å²) in [5.74, 6) is 5.80. The third-order valence-corrected chi connectivity index (χ3v) is 1.56. The molecule has 1 aromatic rings. The van der Waals surface area contributed by atoms with E-state index in [4.69, 9.17) is 9.47 Å². The summed E-state index contributed by atoms with van der Waals surface area (Å²) >= 11 is 0. The Morgan fingerprint density at radius 3 is 2.60 bits per heavy atom. The summed E-state index contributed by atoms with van der Waals surface area (Å²) in [6, 6.07) is 8.74. The van der Waals surface area contributed by atoms with Crippen molar-refractivity contribution in [3.8, 4) is 17.6 Å². The summed E-state index contributed by atoms with van der Waals surface area (Å²) in [6.45, 7) is 3.37. The van der Waals surface area contributed by atoms with Gasteiger partial charge in [-0.3, -0.25) is 0 Å². The summed E-state index contributed by atoms with van der Waals surface area (Å²) in [6.07, 6.45) is -1.19. The van der Waals surface area contributed by atoms with E-state index in [2.05, 4.69) is 11.8 Å². The summed E-state index contributed by atoms with van der Waals surface area (Å²) < 4.78 is 9.76. The molecule has 0 saturated heterocycles. The van der Waals surface area contributed by atoms with Gasteiger partial charge in [-0.25, -0.2) is 4.79 Å². The zero-order valence-electron chi connectivity index (χ0n) is 8.69. The van der Waals surface area contributed by atoms with Gasteiger partial charge >= 0.3 is 6.16 Å². The van der Waals surface area contributed by atoms with E-state index in [1.54, 1.807) is 38.1 Å². The minimum absolute atomic E-state index is 0.453. The van der Waals surface area contributed by atoms with Crippen LogP contribution in [0.25, 0.3) is 0 Å². The number of hydrogen-bond donors (Lipinski definition) is 0. The maximum absolute atomic E-state index is 11.2. The number of hydrogen-bond acceptors (Lipinski definition) is 3. The minimum Gasteiger partial charge on any atom is -0.418 e. The highest BCUT2D eigenvalue weighted by Gasteiger charge is 2.08. The standard InChI is InChI=1S/C12H12O3/c1-3-7-10(2)14-12(13)15-11-8-5-4-6-9-11/h4-6,8-10H,1-2H3/t10-/m0/s1. The first kappa shape index (κ1) is 11.1. The molecule has 0 heterocycles. The van der Waals surface area contributed by atoms with Gasteiger partial charge in [0.25, 0.3) is 0 Å². The number of benzene rings is 1. The average Bonchev–Trinajstić information content (AvgIpc) is 2.19. The first-order chi connectivity index (χ1) is 7.22. The van der Waals surface area contributed by atoms with E-state index in [0.717, 1.165) is 0 Å². The molecule has 1 atom stereocenters. The number of para-hydroxylation sites is 1. The van der Waals surface area contributed by atoms with E-state index in [0.29, 0.717) is 5.75 Å². The number of carbonyl (C=O) groups is 1. The van der Waals surface area contributed by atoms with E-state index >= 15 is 0 Å². The molecule has 0 spiro atoms. The Bertz CT molecular complexity index is 373. The summed E-state index contributed by atoms with van der Waals surface area (Å²) in [4.78, 5) is 11.2. The number of ether oxygens (including phenoxy) is 2. The molecule has 1 rings (SSSR count). The van der Waals surface area contributed by atoms with Crippen LogP contribution in [0.15, 0.2) is 30.3 Å². The van der Waals surface area contributed by atoms with E-state index in [-0.39, 0.29) is 0 Å². The van der Waals surface area contributed by atoms with Crippen LogP contribution in [-0.2, 0) is 4.74 Å². The molecule has 0 N–H and O–H groups in total. The molecule has 0 aliphatic carbocycles. The third kappa shape index (κ3) is 4.19. The quantitative estimate of drug-likeness (QED) is 0.422. The number of rotatable bonds is 2. The molecular formula is C12H12O3. The fourth-order valence-corrected chi connectivity index (χ4v) is 0.986. The van der Waals surface area contributed by atoms with Gasteiger partial charge in [-0.05, 0) is 26.0 Å². The monoisotopic (exact) mass is 204 g/mol. The molecule has 0 fully saturated rings. The van der Waals surface area contributed by atoms with E-state index in [9.17, 15) is 4.79 Å². The molecule has 0 aliphatic rings. The van der Waals surface area contributed by atoms with E-state index in [1.807, 2.05) is 6.07 Å². The normalized spacial score (nSPS) is 10.8. The van der Waals surface area contributed by atoms with Gasteiger partial charge in [0.2, 0.25) is 0 Å². The average molecular weight is 204 g/mol. The Labute approximate surface area is 89.0 Å². The zero-order valence-corrected chi connectivity index (χ0v) is 8.69. The highest BCUT2D eigenvalue weighted by atomic mass is 16.7. The Kier molecular flexibility index (Phi) is 4.24. The molecule has 3 nitrogen and oxygen atoms in total. The van der Waals surface area contributed by atoms with Crippen molar-refractivity contribution in [2.75, 3.05) is 0 Å². The van der Waals surface area contributed by atoms with Crippen LogP contribution in [0.4, 0.5) is 4.79 Å². The van der Waals surface area contributed by atoms with Crippen LogP contribution in [0.3, 0.4) is 0 Å². The van der Waals surface area contributed by atoms with Crippen molar-refractivity contribution >= 4 is 6.16 Å². The molecule has 0 unspecified atom stereocenters. The second kappa shape index (κ2) is 5.71. The molecule has 1 aromatic carbocycles. The summed E-state index contributed by atoms with van der Waals surface area (Å²) in [5.41, 5.74) is 0. The lowest BCUT2D eigenvalue weighted by atomic mass is 10.3. The molecular weight excluding hydrogens is 192 g/mol. The van der Waals surface area contributed by atoms with E-state index < -0.39 is 12.3 Å². The van der Waals surface area contributed by atoms with Crippen molar-refractivity contribution in [3.05, 3.63) is 30.3 Å². The van der Waals surface area contributed by atoms with Crippen LogP contribution in [0.2, 0.25) is 0 Å². The second-order valence-electron chi connectivity index (χ2n) is 2.82. The predicted molar refractivity (Wildman–Crippen MR) is 56.5 cm³/mol. The van der Waals surface area contributed by atoms with Gasteiger partial charge in [-0.15, -0.1) is 5.92 Å². The Hall–Kier alpha value is -1.95. The molecule has 78 valence electrons. The van der Waals surface area contributed by atoms with Crippen LogP contribution in [0.5, 0.6) is 5.75 Å². The molecule has 3 heteroatoms. The Morgan fingerprint density at radius 1 is 1.33 bits per heavy atom. The van der Waals surface area contributed by atoms with Gasteiger partial charge < -0.3 is 9.47 Å². The van der Waals surface area contributed by atoms with Crippen LogP contribution >= 0.6 is 0 Å². The van der Waals surface area contributed by atoms with Crippen LogP contribution < -0.4 is 4.74 Å². The van der Waals surface area contributed by atoms with Crippen molar-refractivity contribution in [3.63, 3.8) is 0 Å². The lowest BCUT2D eigenvalue weighted by Crippen LogP contribution is -2.16. The molecule has 0 aliphatic heterocycles. The van der Waals surface area contributed by atoms with Crippen molar-refractivity contribution in [2.45, 2.75) is 20.0 Å². The van der Waals surface area contributed by atoms with Gasteiger partial charge in [-0.1, -0.05) is 24.1 Å². The lowest BCUT2D eigenvalue weighted by molar-refractivity contribution is 0.0853. The predicted octanol–water partition coefficient (Wildman–Crippen LogP) is 2.61. The van der Waals surface area contributed by atoms with E-state index in [1.165, 1.54) is 0 Å². The second-order valence-corrected chi connectivity index (χ2v) is 2.82. The largest absolute Gasteiger partial charge is 0.515 e. The smallest absolute Gasteiger partial charge is 0.418 e. The Morgan fingerprint density at radius 2 is 2.00 bits per heavy atom. The summed E-state index contributed by atoms with van der Waals surface area (Å²) in [7, 11) is 0. The highest BCUT2D eigenvalue weighted by molar-refractivity contribution is 5.64. The van der Waals surface area contributed by atoms with Gasteiger partial charge in [0.1, 0.15) is 5.75 Å². The van der Waals surface area contributed by atoms with Crippen molar-refractivity contribution in [2.24, 2.45) is 0 Å². The van der Waals surface area contributed by atoms with Crippen molar-refractivity contribution in [1.29, 1.82) is 0 Å². The molecule has 0 aromatic heterocycles. The maximum atomic E-state index is 11.2. The first-order valence-corrected chi connectivity index (χ1v) is 4.58. The van der Waals surface area contributed by atoms with Crippen molar-refractivity contribution < 1.29 is 14.3 Å². The third-order valence-electron chi connectivity index (χ3n) is 1.56. The number of carbonyl (C=O) groups excluding carboxylic acids is 1. The maximum Gasteiger partial charge on any atom is 0.515 e. The highest BCUT2D eigenvalue weighted by Crippen LogP contribution is 2.09. The summed E-state index contributed by atoms with van der Waals surface area (Å²) in [5, 5.41) is 0. The van der Waals surface area contributed by atoms with Crippen molar-refractivity contribution in [1.82, 2.24) is 0 Å². The fourth-order valence-electron chi connectivity index (χ4n) is 0.986. The van der Waals surface area contributed by atoms with Gasteiger partial charge in [0.05, 0.1) is 0 Å². The van der Waals surface area contributed by atoms with Gasteiger partial charge in [0, 0.05) is 0 Å². The lowest BCUT2D eigenvalue weighted by Gasteiger charge is -2.07. The molecule has 15 heavy (non-hydrogen) atoms. The Balaban J connectivity index is 2.46. The van der Waals surface area contributed by atoms with Crippen LogP contribution in [-0.4, -0.2) is 12.3 Å². The van der Waals surface area contributed by atoms with Crippen LogP contribution in [0.1, 0.15) is 13.8 Å². The first-order valence-electron chi connectivity index (χ1n) is 4.58. The fraction of sp³-hybridized carbons (Fsp3) is 0.250. The van der Waals surface area contributed by atoms with Crippen LogP contribution in [0, 0.1) is 11.8 Å². The molecule has 0 amide bonds. The molecule has 0 saturated carbocycles. The van der Waals surface area contributed by atoms with Gasteiger partial charge in [0.15, 0.2) is 6.10 Å². The van der Waals surface area contributed by atoms with Gasteiger partial charge in [-0.2, -0.15) is 0 Å². The minimum atomic E-state index is -0.739. The topological polar surface area (TPSA) is 35.5 Å².